The first-order valence-corrected chi connectivity index (χ1v) is 9.41. The van der Waals surface area contributed by atoms with Crippen molar-refractivity contribution in [2.24, 2.45) is 0 Å². The van der Waals surface area contributed by atoms with E-state index in [0.29, 0.717) is 24.2 Å². The van der Waals surface area contributed by atoms with Crippen LogP contribution in [0.2, 0.25) is 0 Å². The highest BCUT2D eigenvalue weighted by Crippen LogP contribution is 2.30. The molecule has 0 amide bonds. The Hall–Kier alpha value is -2.22. The van der Waals surface area contributed by atoms with E-state index in [9.17, 15) is 13.2 Å². The summed E-state index contributed by atoms with van der Waals surface area (Å²) in [6.45, 7) is 1.65. The molecule has 6 nitrogen and oxygen atoms in total. The molecule has 2 aromatic carbocycles. The van der Waals surface area contributed by atoms with Crippen LogP contribution in [0.25, 0.3) is 11.1 Å². The Morgan fingerprint density at radius 2 is 1.76 bits per heavy atom. The van der Waals surface area contributed by atoms with Gasteiger partial charge in [0.2, 0.25) is 10.0 Å². The van der Waals surface area contributed by atoms with Crippen molar-refractivity contribution >= 4 is 16.0 Å². The van der Waals surface area contributed by atoms with Crippen LogP contribution in [0.4, 0.5) is 0 Å². The second kappa shape index (κ2) is 8.75. The van der Waals surface area contributed by atoms with E-state index in [2.05, 4.69) is 4.72 Å². The van der Waals surface area contributed by atoms with Crippen LogP contribution < -0.4 is 9.46 Å². The molecule has 0 heterocycles. The first-order chi connectivity index (χ1) is 11.9. The third kappa shape index (κ3) is 5.38. The summed E-state index contributed by atoms with van der Waals surface area (Å²) < 4.78 is 32.1. The maximum Gasteiger partial charge on any atom is 0.308 e. The highest BCUT2D eigenvalue weighted by Gasteiger charge is 2.14. The van der Waals surface area contributed by atoms with E-state index >= 15 is 0 Å². The molecule has 25 heavy (non-hydrogen) atoms. The number of rotatable bonds is 8. The zero-order valence-corrected chi connectivity index (χ0v) is 14.8. The van der Waals surface area contributed by atoms with Gasteiger partial charge in [-0.2, -0.15) is 0 Å². The van der Waals surface area contributed by atoms with Crippen LogP contribution in [0.1, 0.15) is 19.8 Å². The van der Waals surface area contributed by atoms with Crippen molar-refractivity contribution < 1.29 is 23.1 Å². The summed E-state index contributed by atoms with van der Waals surface area (Å²) in [6.07, 6.45) is 1.12. The zero-order chi connectivity index (χ0) is 18.3. The van der Waals surface area contributed by atoms with Crippen LogP contribution in [0, 0.1) is 0 Å². The van der Waals surface area contributed by atoms with Crippen LogP contribution in [-0.4, -0.2) is 32.6 Å². The molecule has 2 rings (SSSR count). The molecule has 0 bridgehead atoms. The number of carbonyl (C=O) groups is 1. The maximum absolute atomic E-state index is 12.2. The fraction of sp³-hybridized carbons (Fsp3) is 0.278. The van der Waals surface area contributed by atoms with E-state index in [1.54, 1.807) is 30.3 Å². The van der Waals surface area contributed by atoms with Gasteiger partial charge in [-0.05, 0) is 36.6 Å². The first-order valence-electron chi connectivity index (χ1n) is 7.92. The minimum atomic E-state index is -3.59. The van der Waals surface area contributed by atoms with E-state index in [1.165, 1.54) is 19.1 Å². The lowest BCUT2D eigenvalue weighted by Gasteiger charge is -2.10. The average molecular weight is 363 g/mol. The highest BCUT2D eigenvalue weighted by molar-refractivity contribution is 7.89. The number of sulfonamides is 1. The zero-order valence-electron chi connectivity index (χ0n) is 13.9. The molecule has 2 aromatic rings. The SMILES string of the molecule is CC(=O)Oc1ccccc1-c1ccc(S(=O)(=O)NCCCCO)cc1. The minimum absolute atomic E-state index is 0.0398. The number of hydrogen-bond acceptors (Lipinski definition) is 5. The van der Waals surface area contributed by atoms with Crippen molar-refractivity contribution in [1.29, 1.82) is 0 Å². The number of ether oxygens (including phenoxy) is 1. The molecule has 0 unspecified atom stereocenters. The van der Waals surface area contributed by atoms with Gasteiger partial charge in [0.25, 0.3) is 0 Å². The number of hydrogen-bond donors (Lipinski definition) is 2. The summed E-state index contributed by atoms with van der Waals surface area (Å²) >= 11 is 0. The van der Waals surface area contributed by atoms with E-state index in [0.717, 1.165) is 5.56 Å². The van der Waals surface area contributed by atoms with Gasteiger partial charge in [-0.15, -0.1) is 0 Å². The minimum Gasteiger partial charge on any atom is -0.426 e. The smallest absolute Gasteiger partial charge is 0.308 e. The Balaban J connectivity index is 2.19. The van der Waals surface area contributed by atoms with Gasteiger partial charge >= 0.3 is 5.97 Å². The first kappa shape index (κ1) is 19.1. The number of nitrogens with one attached hydrogen (secondary N) is 1. The summed E-state index contributed by atoms with van der Waals surface area (Å²) in [5.74, 6) is 0.00598. The Labute approximate surface area is 147 Å². The number of carbonyl (C=O) groups excluding carboxylic acids is 1. The largest absolute Gasteiger partial charge is 0.426 e. The Bertz CT molecular complexity index is 816. The molecule has 0 spiro atoms. The molecule has 0 aliphatic rings. The highest BCUT2D eigenvalue weighted by atomic mass is 32.2. The molecule has 0 radical (unpaired) electrons. The number of unbranched alkanes of at least 4 members (excludes halogenated alkanes) is 1. The number of aliphatic hydroxyl groups excluding tert-OH is 1. The van der Waals surface area contributed by atoms with E-state index in [1.807, 2.05) is 6.07 Å². The molecule has 0 saturated heterocycles. The predicted octanol–water partition coefficient (Wildman–Crippen LogP) is 2.33. The van der Waals surface area contributed by atoms with Gasteiger partial charge in [0.15, 0.2) is 0 Å². The van der Waals surface area contributed by atoms with Crippen molar-refractivity contribution in [3.63, 3.8) is 0 Å². The van der Waals surface area contributed by atoms with Crippen molar-refractivity contribution in [3.8, 4) is 16.9 Å². The van der Waals surface area contributed by atoms with Crippen LogP contribution in [0.3, 0.4) is 0 Å². The third-order valence-corrected chi connectivity index (χ3v) is 4.97. The van der Waals surface area contributed by atoms with Gasteiger partial charge < -0.3 is 9.84 Å². The molecule has 7 heteroatoms. The van der Waals surface area contributed by atoms with Crippen LogP contribution in [-0.2, 0) is 14.8 Å². The lowest BCUT2D eigenvalue weighted by atomic mass is 10.1. The molecular formula is C18H21NO5S. The number of aliphatic hydroxyl groups is 1. The van der Waals surface area contributed by atoms with Crippen molar-refractivity contribution in [3.05, 3.63) is 48.5 Å². The normalized spacial score (nSPS) is 11.3. The summed E-state index contributed by atoms with van der Waals surface area (Å²) in [7, 11) is -3.59. The van der Waals surface area contributed by atoms with Gasteiger partial charge in [-0.1, -0.05) is 30.3 Å². The average Bonchev–Trinajstić information content (AvgIpc) is 2.59. The molecule has 0 aromatic heterocycles. The van der Waals surface area contributed by atoms with E-state index < -0.39 is 16.0 Å². The summed E-state index contributed by atoms with van der Waals surface area (Å²) in [4.78, 5) is 11.4. The summed E-state index contributed by atoms with van der Waals surface area (Å²) in [5.41, 5.74) is 1.45. The lowest BCUT2D eigenvalue weighted by molar-refractivity contribution is -0.131. The number of esters is 1. The molecule has 0 fully saturated rings. The summed E-state index contributed by atoms with van der Waals surface area (Å²) in [5, 5.41) is 8.72. The molecule has 2 N–H and O–H groups in total. The fourth-order valence-corrected chi connectivity index (χ4v) is 3.36. The number of benzene rings is 2. The third-order valence-electron chi connectivity index (χ3n) is 3.49. The van der Waals surface area contributed by atoms with Gasteiger partial charge in [-0.25, -0.2) is 13.1 Å². The Kier molecular flexibility index (Phi) is 6.69. The molecular weight excluding hydrogens is 342 g/mol. The van der Waals surface area contributed by atoms with Crippen LogP contribution in [0.15, 0.2) is 53.4 Å². The van der Waals surface area contributed by atoms with Crippen LogP contribution >= 0.6 is 0 Å². The van der Waals surface area contributed by atoms with Crippen molar-refractivity contribution in [2.45, 2.75) is 24.7 Å². The van der Waals surface area contributed by atoms with Crippen molar-refractivity contribution in [1.82, 2.24) is 4.72 Å². The maximum atomic E-state index is 12.2. The molecule has 0 atom stereocenters. The van der Waals surface area contributed by atoms with Gasteiger partial charge in [-0.3, -0.25) is 4.79 Å². The van der Waals surface area contributed by atoms with E-state index in [4.69, 9.17) is 9.84 Å². The van der Waals surface area contributed by atoms with Gasteiger partial charge in [0, 0.05) is 25.6 Å². The molecule has 0 saturated carbocycles. The van der Waals surface area contributed by atoms with Gasteiger partial charge in [0.05, 0.1) is 4.90 Å². The fourth-order valence-electron chi connectivity index (χ4n) is 2.29. The van der Waals surface area contributed by atoms with E-state index in [-0.39, 0.29) is 18.0 Å². The molecule has 0 aliphatic carbocycles. The number of para-hydroxylation sites is 1. The van der Waals surface area contributed by atoms with Crippen molar-refractivity contribution in [2.75, 3.05) is 13.2 Å². The molecule has 134 valence electrons. The van der Waals surface area contributed by atoms with Crippen LogP contribution in [0.5, 0.6) is 5.75 Å². The summed E-state index contributed by atoms with van der Waals surface area (Å²) in [6, 6.07) is 13.4. The lowest BCUT2D eigenvalue weighted by Crippen LogP contribution is -2.24. The quantitative estimate of drug-likeness (QED) is 0.427. The topological polar surface area (TPSA) is 92.7 Å². The Morgan fingerprint density at radius 1 is 1.08 bits per heavy atom. The monoisotopic (exact) mass is 363 g/mol. The standard InChI is InChI=1S/C18H21NO5S/c1-14(21)24-18-7-3-2-6-17(18)15-8-10-16(11-9-15)25(22,23)19-12-4-5-13-20/h2-3,6-11,19-20H,4-5,12-13H2,1H3. The molecule has 0 aliphatic heterocycles. The second-order valence-corrected chi connectivity index (χ2v) is 7.21. The Morgan fingerprint density at radius 3 is 2.40 bits per heavy atom. The predicted molar refractivity (Wildman–Crippen MR) is 94.7 cm³/mol. The van der Waals surface area contributed by atoms with Gasteiger partial charge in [0.1, 0.15) is 5.75 Å². The second-order valence-electron chi connectivity index (χ2n) is 5.44.